The predicted octanol–water partition coefficient (Wildman–Crippen LogP) is 5.08. The molecular weight excluding hydrogens is 416 g/mol. The number of hydrogen-bond acceptors (Lipinski definition) is 5. The minimum atomic E-state index is 0.493. The van der Waals surface area contributed by atoms with Gasteiger partial charge in [0, 0.05) is 58.9 Å². The van der Waals surface area contributed by atoms with Crippen molar-refractivity contribution in [1.29, 1.82) is 0 Å². The number of thiophene rings is 1. The first-order chi connectivity index (χ1) is 15.2. The SMILES string of the molecule is C=C(NC/C(C)=C(C)/C=C(/C)NC=O)c1csc([C@H](CC)N2CCC(N(C)C)CC2)c1C. The van der Waals surface area contributed by atoms with E-state index in [1.807, 2.05) is 24.3 Å². The lowest BCUT2D eigenvalue weighted by atomic mass is 9.98. The van der Waals surface area contributed by atoms with Gasteiger partial charge >= 0.3 is 0 Å². The molecule has 1 aliphatic heterocycles. The van der Waals surface area contributed by atoms with Crippen LogP contribution in [-0.2, 0) is 4.79 Å². The molecule has 1 aromatic heterocycles. The largest absolute Gasteiger partial charge is 0.381 e. The Morgan fingerprint density at radius 2 is 1.97 bits per heavy atom. The Morgan fingerprint density at radius 1 is 1.31 bits per heavy atom. The van der Waals surface area contributed by atoms with E-state index in [-0.39, 0.29) is 0 Å². The van der Waals surface area contributed by atoms with Crippen LogP contribution in [0.1, 0.15) is 69.0 Å². The molecule has 1 aliphatic rings. The van der Waals surface area contributed by atoms with Gasteiger partial charge in [-0.2, -0.15) is 0 Å². The number of amides is 1. The fourth-order valence-corrected chi connectivity index (χ4v) is 5.76. The number of nitrogens with zero attached hydrogens (tertiary/aromatic N) is 2. The lowest BCUT2D eigenvalue weighted by Gasteiger charge is -2.39. The van der Waals surface area contributed by atoms with Gasteiger partial charge in [0.15, 0.2) is 0 Å². The molecule has 1 atom stereocenters. The molecule has 6 heteroatoms. The second-order valence-electron chi connectivity index (χ2n) is 9.18. The number of allylic oxidation sites excluding steroid dienone is 3. The highest BCUT2D eigenvalue weighted by atomic mass is 32.1. The van der Waals surface area contributed by atoms with E-state index in [0.717, 1.165) is 29.9 Å². The van der Waals surface area contributed by atoms with Gasteiger partial charge in [0.1, 0.15) is 0 Å². The minimum Gasteiger partial charge on any atom is -0.381 e. The van der Waals surface area contributed by atoms with Crippen LogP contribution in [0.4, 0.5) is 0 Å². The molecule has 0 radical (unpaired) electrons. The number of nitrogens with one attached hydrogen (secondary N) is 2. The maximum Gasteiger partial charge on any atom is 0.211 e. The Kier molecular flexibility index (Phi) is 10.2. The Hall–Kier alpha value is -1.89. The first kappa shape index (κ1) is 26.4. The summed E-state index contributed by atoms with van der Waals surface area (Å²) in [5.41, 5.74) is 6.78. The number of likely N-dealkylation sites (tertiary alicyclic amines) is 1. The van der Waals surface area contributed by atoms with Crippen LogP contribution in [0, 0.1) is 6.92 Å². The molecule has 178 valence electrons. The number of rotatable bonds is 11. The summed E-state index contributed by atoms with van der Waals surface area (Å²) in [6.45, 7) is 18.0. The lowest BCUT2D eigenvalue weighted by molar-refractivity contribution is -0.108. The molecule has 0 saturated carbocycles. The summed E-state index contributed by atoms with van der Waals surface area (Å²) in [5.74, 6) is 0. The molecule has 0 bridgehead atoms. The second-order valence-corrected chi connectivity index (χ2v) is 10.1. The van der Waals surface area contributed by atoms with Crippen molar-refractivity contribution in [2.75, 3.05) is 33.7 Å². The standard InChI is InChI=1S/C26H42N4OS/c1-9-25(30-12-10-23(11-13-30)29(7)8)26-21(5)24(16-32-26)22(6)27-15-19(3)18(2)14-20(4)28-17-31/h14,16-17,23,25,27H,6,9-13,15H2,1-5,7-8H3,(H,28,31)/b19-18+,20-14-/t25-/m0/s1. The van der Waals surface area contributed by atoms with Crippen LogP contribution in [0.5, 0.6) is 0 Å². The average molecular weight is 459 g/mol. The van der Waals surface area contributed by atoms with Crippen molar-refractivity contribution >= 4 is 23.4 Å². The maximum absolute atomic E-state index is 10.6. The highest BCUT2D eigenvalue weighted by molar-refractivity contribution is 7.10. The molecule has 32 heavy (non-hydrogen) atoms. The van der Waals surface area contributed by atoms with E-state index in [9.17, 15) is 4.79 Å². The number of carbonyl (C=O) groups is 1. The first-order valence-electron chi connectivity index (χ1n) is 11.7. The second kappa shape index (κ2) is 12.4. The van der Waals surface area contributed by atoms with Gasteiger partial charge in [0.25, 0.3) is 0 Å². The van der Waals surface area contributed by atoms with E-state index in [2.05, 4.69) is 74.2 Å². The molecule has 1 saturated heterocycles. The van der Waals surface area contributed by atoms with Gasteiger partial charge in [-0.05, 0) is 78.3 Å². The van der Waals surface area contributed by atoms with Crippen LogP contribution in [0.25, 0.3) is 5.70 Å². The summed E-state index contributed by atoms with van der Waals surface area (Å²) in [4.78, 5) is 17.1. The van der Waals surface area contributed by atoms with E-state index in [1.54, 1.807) is 0 Å². The highest BCUT2D eigenvalue weighted by Gasteiger charge is 2.28. The average Bonchev–Trinajstić information content (AvgIpc) is 3.14. The molecule has 1 aromatic rings. The van der Waals surface area contributed by atoms with Gasteiger partial charge in [0.2, 0.25) is 6.41 Å². The summed E-state index contributed by atoms with van der Waals surface area (Å²) in [6.07, 6.45) is 6.33. The smallest absolute Gasteiger partial charge is 0.211 e. The number of carbonyl (C=O) groups excluding carboxylic acids is 1. The third-order valence-electron chi connectivity index (χ3n) is 6.72. The highest BCUT2D eigenvalue weighted by Crippen LogP contribution is 2.37. The summed E-state index contributed by atoms with van der Waals surface area (Å²) in [6, 6.07) is 1.20. The van der Waals surface area contributed by atoms with Crippen LogP contribution in [0.15, 0.2) is 34.9 Å². The zero-order valence-electron chi connectivity index (χ0n) is 21.0. The number of hydrogen-bond donors (Lipinski definition) is 2. The Labute approximate surface area is 199 Å². The molecular formula is C26H42N4OS. The number of piperidine rings is 1. The molecule has 1 amide bonds. The van der Waals surface area contributed by atoms with Gasteiger partial charge in [-0.25, -0.2) is 0 Å². The Bertz CT molecular complexity index is 844. The van der Waals surface area contributed by atoms with E-state index < -0.39 is 0 Å². The van der Waals surface area contributed by atoms with Crippen molar-refractivity contribution in [1.82, 2.24) is 20.4 Å². The molecule has 0 unspecified atom stereocenters. The van der Waals surface area contributed by atoms with Gasteiger partial charge < -0.3 is 15.5 Å². The molecule has 0 spiro atoms. The van der Waals surface area contributed by atoms with Crippen LogP contribution < -0.4 is 10.6 Å². The first-order valence-corrected chi connectivity index (χ1v) is 12.5. The third kappa shape index (κ3) is 6.80. The lowest BCUT2D eigenvalue weighted by Crippen LogP contribution is -2.43. The molecule has 5 nitrogen and oxygen atoms in total. The summed E-state index contributed by atoms with van der Waals surface area (Å²) in [5, 5.41) is 8.46. The predicted molar refractivity (Wildman–Crippen MR) is 139 cm³/mol. The molecule has 2 heterocycles. The fraction of sp³-hybridized carbons (Fsp3) is 0.577. The summed E-state index contributed by atoms with van der Waals surface area (Å²) in [7, 11) is 4.40. The molecule has 2 N–H and O–H groups in total. The van der Waals surface area contributed by atoms with Gasteiger partial charge in [-0.1, -0.05) is 19.1 Å². The van der Waals surface area contributed by atoms with Crippen LogP contribution >= 0.6 is 11.3 Å². The van der Waals surface area contributed by atoms with Gasteiger partial charge in [-0.15, -0.1) is 11.3 Å². The van der Waals surface area contributed by atoms with Crippen molar-refractivity contribution in [3.05, 3.63) is 50.9 Å². The maximum atomic E-state index is 10.6. The summed E-state index contributed by atoms with van der Waals surface area (Å²) >= 11 is 1.88. The topological polar surface area (TPSA) is 47.6 Å². The van der Waals surface area contributed by atoms with Crippen LogP contribution in [0.2, 0.25) is 0 Å². The van der Waals surface area contributed by atoms with Crippen molar-refractivity contribution in [2.45, 2.75) is 66.0 Å². The van der Waals surface area contributed by atoms with Gasteiger partial charge in [-0.3, -0.25) is 9.69 Å². The van der Waals surface area contributed by atoms with E-state index in [1.165, 1.54) is 47.5 Å². The van der Waals surface area contributed by atoms with E-state index in [4.69, 9.17) is 0 Å². The van der Waals surface area contributed by atoms with Crippen LogP contribution in [0.3, 0.4) is 0 Å². The van der Waals surface area contributed by atoms with Crippen LogP contribution in [-0.4, -0.2) is 56.0 Å². The minimum absolute atomic E-state index is 0.493. The molecule has 0 aliphatic carbocycles. The molecule has 1 fully saturated rings. The monoisotopic (exact) mass is 458 g/mol. The Balaban J connectivity index is 2.05. The van der Waals surface area contributed by atoms with Crippen molar-refractivity contribution in [3.8, 4) is 0 Å². The normalized spacial score (nSPS) is 17.8. The van der Waals surface area contributed by atoms with E-state index >= 15 is 0 Å². The zero-order valence-corrected chi connectivity index (χ0v) is 21.9. The third-order valence-corrected chi connectivity index (χ3v) is 7.91. The molecule has 0 aromatic carbocycles. The van der Waals surface area contributed by atoms with E-state index in [0.29, 0.717) is 18.5 Å². The zero-order chi connectivity index (χ0) is 23.8. The van der Waals surface area contributed by atoms with Crippen molar-refractivity contribution < 1.29 is 4.79 Å². The summed E-state index contributed by atoms with van der Waals surface area (Å²) < 4.78 is 0. The van der Waals surface area contributed by atoms with Gasteiger partial charge in [0.05, 0.1) is 0 Å². The van der Waals surface area contributed by atoms with Crippen molar-refractivity contribution in [2.24, 2.45) is 0 Å². The molecule has 2 rings (SSSR count). The quantitative estimate of drug-likeness (QED) is 0.359. The Morgan fingerprint density at radius 3 is 2.53 bits per heavy atom. The van der Waals surface area contributed by atoms with Crippen molar-refractivity contribution in [3.63, 3.8) is 0 Å². The fourth-order valence-electron chi connectivity index (χ4n) is 4.44.